The third-order valence-electron chi connectivity index (χ3n) is 5.58. The number of aromatic nitrogens is 4. The normalized spacial score (nSPS) is 18.5. The van der Waals surface area contributed by atoms with Crippen molar-refractivity contribution in [3.63, 3.8) is 0 Å². The average Bonchev–Trinajstić information content (AvgIpc) is 3.31. The molecule has 0 spiro atoms. The fraction of sp³-hybridized carbons (Fsp3) is 0.435. The van der Waals surface area contributed by atoms with E-state index in [1.54, 1.807) is 19.5 Å². The van der Waals surface area contributed by atoms with E-state index in [1.165, 1.54) is 0 Å². The predicted molar refractivity (Wildman–Crippen MR) is 118 cm³/mol. The molecule has 1 aliphatic rings. The summed E-state index contributed by atoms with van der Waals surface area (Å²) in [7, 11) is 1.61. The van der Waals surface area contributed by atoms with E-state index < -0.39 is 0 Å². The molecule has 168 valence electrons. The topological polar surface area (TPSA) is 106 Å². The van der Waals surface area contributed by atoms with Crippen molar-refractivity contribution in [3.05, 3.63) is 54.3 Å². The fourth-order valence-electron chi connectivity index (χ4n) is 3.86. The Bertz CT molecular complexity index is 1010. The number of carbonyl (C=O) groups excluding carboxylic acids is 1. The van der Waals surface area contributed by atoms with Crippen LogP contribution in [0, 0.1) is 0 Å². The molecule has 0 bridgehead atoms. The molecule has 1 amide bonds. The largest absolute Gasteiger partial charge is 0.481 e. The van der Waals surface area contributed by atoms with Crippen LogP contribution in [-0.4, -0.2) is 57.7 Å². The molecule has 1 saturated heterocycles. The van der Waals surface area contributed by atoms with Crippen LogP contribution in [0.5, 0.6) is 5.88 Å². The van der Waals surface area contributed by atoms with Crippen LogP contribution in [0.1, 0.15) is 43.2 Å². The zero-order chi connectivity index (χ0) is 22.2. The van der Waals surface area contributed by atoms with Gasteiger partial charge in [0, 0.05) is 56.0 Å². The van der Waals surface area contributed by atoms with Gasteiger partial charge in [-0.3, -0.25) is 14.7 Å². The van der Waals surface area contributed by atoms with Gasteiger partial charge in [0.2, 0.25) is 23.5 Å². The second-order valence-corrected chi connectivity index (χ2v) is 7.87. The summed E-state index contributed by atoms with van der Waals surface area (Å²) in [4.78, 5) is 27.8. The highest BCUT2D eigenvalue weighted by Gasteiger charge is 2.22. The fourth-order valence-corrected chi connectivity index (χ4v) is 3.86. The molecule has 1 atom stereocenters. The number of hydrogen-bond donors (Lipinski definition) is 1. The molecule has 1 fully saturated rings. The van der Waals surface area contributed by atoms with Gasteiger partial charge in [-0.15, -0.1) is 0 Å². The molecule has 0 aromatic carbocycles. The predicted octanol–water partition coefficient (Wildman–Crippen LogP) is 2.81. The van der Waals surface area contributed by atoms with Crippen LogP contribution in [0.3, 0.4) is 0 Å². The van der Waals surface area contributed by atoms with E-state index in [4.69, 9.17) is 9.26 Å². The number of nitrogens with zero attached hydrogens (tertiary/aromatic N) is 5. The summed E-state index contributed by atoms with van der Waals surface area (Å²) < 4.78 is 10.8. The number of carbonyl (C=O) groups is 1. The molecule has 1 N–H and O–H groups in total. The molecule has 32 heavy (non-hydrogen) atoms. The summed E-state index contributed by atoms with van der Waals surface area (Å²) in [6, 6.07) is 9.50. The van der Waals surface area contributed by atoms with Crippen LogP contribution >= 0.6 is 0 Å². The average molecular weight is 437 g/mol. The van der Waals surface area contributed by atoms with Gasteiger partial charge in [0.05, 0.1) is 12.8 Å². The molecule has 1 unspecified atom stereocenters. The van der Waals surface area contributed by atoms with Crippen molar-refractivity contribution in [2.45, 2.75) is 38.1 Å². The van der Waals surface area contributed by atoms with Crippen LogP contribution in [0.25, 0.3) is 11.4 Å². The third kappa shape index (κ3) is 5.88. The molecule has 3 aromatic heterocycles. The van der Waals surface area contributed by atoms with Crippen molar-refractivity contribution < 1.29 is 14.1 Å². The molecular weight excluding hydrogens is 408 g/mol. The van der Waals surface area contributed by atoms with E-state index in [0.29, 0.717) is 43.7 Å². The van der Waals surface area contributed by atoms with E-state index in [2.05, 4.69) is 30.3 Å². The molecule has 4 heterocycles. The van der Waals surface area contributed by atoms with Crippen LogP contribution in [0.15, 0.2) is 47.2 Å². The van der Waals surface area contributed by atoms with Crippen molar-refractivity contribution >= 4 is 5.91 Å². The second-order valence-electron chi connectivity index (χ2n) is 7.87. The van der Waals surface area contributed by atoms with Gasteiger partial charge in [0.25, 0.3) is 0 Å². The minimum atomic E-state index is 0.0517. The van der Waals surface area contributed by atoms with Crippen molar-refractivity contribution in [2.75, 3.05) is 26.7 Å². The molecule has 3 aromatic rings. The lowest BCUT2D eigenvalue weighted by Gasteiger charge is -2.22. The van der Waals surface area contributed by atoms with Crippen molar-refractivity contribution in [1.82, 2.24) is 30.3 Å². The Kier molecular flexibility index (Phi) is 7.39. The maximum Gasteiger partial charge on any atom is 0.230 e. The van der Waals surface area contributed by atoms with Gasteiger partial charge in [-0.05, 0) is 44.0 Å². The molecule has 0 saturated carbocycles. The lowest BCUT2D eigenvalue weighted by atomic mass is 9.99. The van der Waals surface area contributed by atoms with Crippen molar-refractivity contribution in [3.8, 4) is 17.3 Å². The number of rotatable bonds is 5. The van der Waals surface area contributed by atoms with Gasteiger partial charge in [-0.2, -0.15) is 4.98 Å². The van der Waals surface area contributed by atoms with Gasteiger partial charge in [0.15, 0.2) is 0 Å². The molecule has 0 radical (unpaired) electrons. The number of hydrogen-bond acceptors (Lipinski definition) is 8. The molecule has 4 rings (SSSR count). The maximum absolute atomic E-state index is 12.3. The van der Waals surface area contributed by atoms with Crippen LogP contribution < -0.4 is 10.1 Å². The first kappa shape index (κ1) is 21.9. The minimum Gasteiger partial charge on any atom is -0.481 e. The van der Waals surface area contributed by atoms with Crippen molar-refractivity contribution in [1.29, 1.82) is 0 Å². The Labute approximate surface area is 187 Å². The standard InChI is InChI=1S/C23H28N6O3/c1-31-21-8-2-7-19(26-21)16-29-13-4-6-17(9-12-25-20(30)10-14-29)23-27-22(28-32-23)18-5-3-11-24-15-18/h2-3,5,7-8,11,15,17H,4,6,9-10,12-14,16H2,1H3,(H,25,30). The van der Waals surface area contributed by atoms with Crippen LogP contribution in [0.4, 0.5) is 0 Å². The first-order valence-corrected chi connectivity index (χ1v) is 10.9. The van der Waals surface area contributed by atoms with Gasteiger partial charge in [-0.1, -0.05) is 11.2 Å². The maximum atomic E-state index is 12.3. The molecular formula is C23H28N6O3. The summed E-state index contributed by atoms with van der Waals surface area (Å²) in [6.07, 6.45) is 6.50. The van der Waals surface area contributed by atoms with Crippen LogP contribution in [-0.2, 0) is 11.3 Å². The first-order chi connectivity index (χ1) is 15.7. The number of nitrogens with one attached hydrogen (secondary N) is 1. The highest BCUT2D eigenvalue weighted by Crippen LogP contribution is 2.26. The molecule has 0 aliphatic carbocycles. The zero-order valence-corrected chi connectivity index (χ0v) is 18.2. The second kappa shape index (κ2) is 10.8. The minimum absolute atomic E-state index is 0.0517. The number of amides is 1. The van der Waals surface area contributed by atoms with Crippen molar-refractivity contribution in [2.24, 2.45) is 0 Å². The number of methoxy groups -OCH3 is 1. The lowest BCUT2D eigenvalue weighted by molar-refractivity contribution is -0.121. The molecule has 9 heteroatoms. The lowest BCUT2D eigenvalue weighted by Crippen LogP contribution is -2.31. The molecule has 1 aliphatic heterocycles. The van der Waals surface area contributed by atoms with Gasteiger partial charge >= 0.3 is 0 Å². The SMILES string of the molecule is COc1cccc(CN2CCCC(c3nc(-c4cccnc4)no3)CCNC(=O)CC2)n1. The first-order valence-electron chi connectivity index (χ1n) is 10.9. The summed E-state index contributed by atoms with van der Waals surface area (Å²) in [5.74, 6) is 1.88. The quantitative estimate of drug-likeness (QED) is 0.651. The van der Waals surface area contributed by atoms with E-state index >= 15 is 0 Å². The Balaban J connectivity index is 1.43. The Hall–Kier alpha value is -3.33. The summed E-state index contributed by atoms with van der Waals surface area (Å²) in [5, 5.41) is 7.15. The summed E-state index contributed by atoms with van der Waals surface area (Å²) in [5.41, 5.74) is 1.75. The van der Waals surface area contributed by atoms with Gasteiger partial charge < -0.3 is 14.6 Å². The van der Waals surface area contributed by atoms with E-state index in [0.717, 1.165) is 37.1 Å². The van der Waals surface area contributed by atoms with Gasteiger partial charge in [-0.25, -0.2) is 4.98 Å². The zero-order valence-electron chi connectivity index (χ0n) is 18.2. The Morgan fingerprint density at radius 1 is 1.19 bits per heavy atom. The molecule has 9 nitrogen and oxygen atoms in total. The Morgan fingerprint density at radius 3 is 2.97 bits per heavy atom. The van der Waals surface area contributed by atoms with E-state index in [-0.39, 0.29) is 11.8 Å². The van der Waals surface area contributed by atoms with E-state index in [1.807, 2.05) is 30.3 Å². The number of ether oxygens (including phenoxy) is 1. The van der Waals surface area contributed by atoms with Crippen LogP contribution in [0.2, 0.25) is 0 Å². The highest BCUT2D eigenvalue weighted by molar-refractivity contribution is 5.76. The Morgan fingerprint density at radius 2 is 2.12 bits per heavy atom. The number of pyridine rings is 2. The monoisotopic (exact) mass is 436 g/mol. The third-order valence-corrected chi connectivity index (χ3v) is 5.58. The summed E-state index contributed by atoms with van der Waals surface area (Å²) >= 11 is 0. The highest BCUT2D eigenvalue weighted by atomic mass is 16.5. The van der Waals surface area contributed by atoms with Gasteiger partial charge in [0.1, 0.15) is 0 Å². The summed E-state index contributed by atoms with van der Waals surface area (Å²) in [6.45, 7) is 2.79. The van der Waals surface area contributed by atoms with E-state index in [9.17, 15) is 4.79 Å². The smallest absolute Gasteiger partial charge is 0.230 e.